The maximum Gasteiger partial charge on any atom is 0.00614 e. The highest BCUT2D eigenvalue weighted by molar-refractivity contribution is 5.14. The molecule has 0 radical (unpaired) electrons. The lowest BCUT2D eigenvalue weighted by molar-refractivity contribution is 0.401. The molecule has 1 nitrogen and oxygen atoms in total. The summed E-state index contributed by atoms with van der Waals surface area (Å²) in [6, 6.07) is 11.3. The molecule has 0 aliphatic heterocycles. The molecule has 1 rings (SSSR count). The number of benzene rings is 1. The van der Waals surface area contributed by atoms with Gasteiger partial charge in [-0.25, -0.2) is 0 Å². The highest BCUT2D eigenvalue weighted by Crippen LogP contribution is 2.12. The van der Waals surface area contributed by atoms with Gasteiger partial charge >= 0.3 is 0 Å². The van der Waals surface area contributed by atoms with Crippen LogP contribution in [0.3, 0.4) is 0 Å². The summed E-state index contributed by atoms with van der Waals surface area (Å²) in [6.45, 7) is 12.6. The zero-order valence-corrected chi connectivity index (χ0v) is 13.5. The smallest absolute Gasteiger partial charge is 0.00614 e. The SMILES string of the molecule is CC.CC.CNC(C)C(C)CCc1ccccc1. The Balaban J connectivity index is 0. The molecule has 0 amide bonds. The number of aryl methyl sites for hydroxylation is 1. The first kappa shape index (κ1) is 19.5. The summed E-state index contributed by atoms with van der Waals surface area (Å²) in [5, 5.41) is 3.30. The van der Waals surface area contributed by atoms with Crippen molar-refractivity contribution in [1.82, 2.24) is 5.32 Å². The fraction of sp³-hybridized carbons (Fsp3) is 0.647. The van der Waals surface area contributed by atoms with Gasteiger partial charge in [-0.15, -0.1) is 0 Å². The minimum absolute atomic E-state index is 0.610. The molecule has 0 aliphatic rings. The third-order valence-electron chi connectivity index (χ3n) is 3.04. The summed E-state index contributed by atoms with van der Waals surface area (Å²) in [5.41, 5.74) is 1.45. The lowest BCUT2D eigenvalue weighted by atomic mass is 9.95. The van der Waals surface area contributed by atoms with Gasteiger partial charge in [0.15, 0.2) is 0 Å². The van der Waals surface area contributed by atoms with E-state index in [2.05, 4.69) is 49.5 Å². The second-order valence-electron chi connectivity index (χ2n) is 4.08. The van der Waals surface area contributed by atoms with E-state index in [-0.39, 0.29) is 0 Å². The van der Waals surface area contributed by atoms with E-state index < -0.39 is 0 Å². The summed E-state index contributed by atoms with van der Waals surface area (Å²) >= 11 is 0. The Bertz CT molecular complexity index is 243. The summed E-state index contributed by atoms with van der Waals surface area (Å²) in [6.07, 6.45) is 2.44. The van der Waals surface area contributed by atoms with Gasteiger partial charge in [0.05, 0.1) is 0 Å². The molecule has 1 heteroatoms. The Morgan fingerprint density at radius 2 is 1.44 bits per heavy atom. The van der Waals surface area contributed by atoms with Crippen LogP contribution in [0, 0.1) is 5.92 Å². The third-order valence-corrected chi connectivity index (χ3v) is 3.04. The summed E-state index contributed by atoms with van der Waals surface area (Å²) in [4.78, 5) is 0. The average Bonchev–Trinajstić information content (AvgIpc) is 2.49. The molecule has 0 bridgehead atoms. The molecule has 0 heterocycles. The van der Waals surface area contributed by atoms with E-state index in [1.807, 2.05) is 34.7 Å². The third kappa shape index (κ3) is 9.23. The van der Waals surface area contributed by atoms with Crippen molar-refractivity contribution in [2.24, 2.45) is 5.92 Å². The van der Waals surface area contributed by atoms with Gasteiger partial charge in [0.2, 0.25) is 0 Å². The van der Waals surface area contributed by atoms with Crippen molar-refractivity contribution in [2.75, 3.05) is 7.05 Å². The number of hydrogen-bond donors (Lipinski definition) is 1. The Kier molecular flexibility index (Phi) is 15.4. The fourth-order valence-electron chi connectivity index (χ4n) is 1.57. The fourth-order valence-corrected chi connectivity index (χ4v) is 1.57. The van der Waals surface area contributed by atoms with E-state index in [0.29, 0.717) is 6.04 Å². The molecule has 2 unspecified atom stereocenters. The number of rotatable bonds is 5. The Morgan fingerprint density at radius 1 is 0.944 bits per heavy atom. The van der Waals surface area contributed by atoms with Crippen LogP contribution in [-0.2, 0) is 6.42 Å². The quantitative estimate of drug-likeness (QED) is 0.783. The van der Waals surface area contributed by atoms with Crippen molar-refractivity contribution in [1.29, 1.82) is 0 Å². The maximum absolute atomic E-state index is 3.30. The summed E-state index contributed by atoms with van der Waals surface area (Å²) < 4.78 is 0. The predicted molar refractivity (Wildman–Crippen MR) is 85.1 cm³/mol. The van der Waals surface area contributed by atoms with Crippen molar-refractivity contribution in [3.63, 3.8) is 0 Å². The summed E-state index contributed by atoms with van der Waals surface area (Å²) in [7, 11) is 2.03. The van der Waals surface area contributed by atoms with E-state index in [0.717, 1.165) is 5.92 Å². The van der Waals surface area contributed by atoms with Gasteiger partial charge in [0.25, 0.3) is 0 Å². The number of hydrogen-bond acceptors (Lipinski definition) is 1. The Labute approximate surface area is 115 Å². The molecule has 0 spiro atoms. The zero-order valence-electron chi connectivity index (χ0n) is 13.5. The minimum atomic E-state index is 0.610. The average molecular weight is 251 g/mol. The van der Waals surface area contributed by atoms with E-state index in [1.54, 1.807) is 0 Å². The molecule has 0 saturated carbocycles. The van der Waals surface area contributed by atoms with Crippen molar-refractivity contribution >= 4 is 0 Å². The lowest BCUT2D eigenvalue weighted by Gasteiger charge is -2.18. The van der Waals surface area contributed by atoms with Crippen LogP contribution < -0.4 is 5.32 Å². The first-order chi connectivity index (χ1) is 8.74. The molecule has 0 saturated heterocycles. The highest BCUT2D eigenvalue weighted by Gasteiger charge is 2.09. The van der Waals surface area contributed by atoms with Crippen LogP contribution in [0.25, 0.3) is 0 Å². The van der Waals surface area contributed by atoms with Crippen LogP contribution in [0.15, 0.2) is 30.3 Å². The van der Waals surface area contributed by atoms with Crippen molar-refractivity contribution in [3.05, 3.63) is 35.9 Å². The molecule has 106 valence electrons. The molecule has 0 aromatic heterocycles. The van der Waals surface area contributed by atoms with Crippen molar-refractivity contribution in [3.8, 4) is 0 Å². The Morgan fingerprint density at radius 3 is 1.89 bits per heavy atom. The first-order valence-electron chi connectivity index (χ1n) is 7.45. The van der Waals surface area contributed by atoms with Gasteiger partial charge in [-0.3, -0.25) is 0 Å². The van der Waals surface area contributed by atoms with Gasteiger partial charge in [0, 0.05) is 6.04 Å². The normalized spacial score (nSPS) is 12.4. The van der Waals surface area contributed by atoms with Crippen LogP contribution in [-0.4, -0.2) is 13.1 Å². The van der Waals surface area contributed by atoms with Gasteiger partial charge in [-0.1, -0.05) is 65.0 Å². The van der Waals surface area contributed by atoms with Crippen LogP contribution in [0.5, 0.6) is 0 Å². The monoisotopic (exact) mass is 251 g/mol. The molecular weight excluding hydrogens is 218 g/mol. The first-order valence-corrected chi connectivity index (χ1v) is 7.45. The molecule has 1 aromatic carbocycles. The zero-order chi connectivity index (χ0) is 14.4. The van der Waals surface area contributed by atoms with E-state index in [1.165, 1.54) is 18.4 Å². The largest absolute Gasteiger partial charge is 0.317 e. The number of nitrogens with one attached hydrogen (secondary N) is 1. The Hall–Kier alpha value is -0.820. The highest BCUT2D eigenvalue weighted by atomic mass is 14.9. The van der Waals surface area contributed by atoms with Gasteiger partial charge < -0.3 is 5.32 Å². The van der Waals surface area contributed by atoms with Gasteiger partial charge in [0.1, 0.15) is 0 Å². The van der Waals surface area contributed by atoms with Crippen molar-refractivity contribution < 1.29 is 0 Å². The van der Waals surface area contributed by atoms with Crippen LogP contribution >= 0.6 is 0 Å². The van der Waals surface area contributed by atoms with E-state index >= 15 is 0 Å². The van der Waals surface area contributed by atoms with E-state index in [4.69, 9.17) is 0 Å². The van der Waals surface area contributed by atoms with Crippen LogP contribution in [0.1, 0.15) is 53.5 Å². The molecule has 2 atom stereocenters. The van der Waals surface area contributed by atoms with Gasteiger partial charge in [-0.05, 0) is 38.3 Å². The molecule has 1 aromatic rings. The minimum Gasteiger partial charge on any atom is -0.317 e. The molecule has 1 N–H and O–H groups in total. The molecule has 18 heavy (non-hydrogen) atoms. The topological polar surface area (TPSA) is 12.0 Å². The molecule has 0 aliphatic carbocycles. The second kappa shape index (κ2) is 14.2. The second-order valence-corrected chi connectivity index (χ2v) is 4.08. The molecular formula is C17H33N. The van der Waals surface area contributed by atoms with E-state index in [9.17, 15) is 0 Å². The molecule has 0 fully saturated rings. The van der Waals surface area contributed by atoms with Gasteiger partial charge in [-0.2, -0.15) is 0 Å². The van der Waals surface area contributed by atoms with Crippen molar-refractivity contribution in [2.45, 2.75) is 60.4 Å². The van der Waals surface area contributed by atoms with Crippen LogP contribution in [0.4, 0.5) is 0 Å². The summed E-state index contributed by atoms with van der Waals surface area (Å²) in [5.74, 6) is 0.736. The standard InChI is InChI=1S/C13H21N.2C2H6/c1-11(12(2)14-3)9-10-13-7-5-4-6-8-13;2*1-2/h4-8,11-12,14H,9-10H2,1-3H3;2*1-2H3. The lowest BCUT2D eigenvalue weighted by Crippen LogP contribution is -2.28. The maximum atomic E-state index is 3.30. The van der Waals surface area contributed by atoms with Crippen LogP contribution in [0.2, 0.25) is 0 Å². The predicted octanol–water partition coefficient (Wildman–Crippen LogP) is 4.92.